The van der Waals surface area contributed by atoms with Gasteiger partial charge in [0.15, 0.2) is 0 Å². The van der Waals surface area contributed by atoms with Crippen LogP contribution in [0.15, 0.2) is 0 Å². The van der Waals surface area contributed by atoms with E-state index in [0.29, 0.717) is 13.1 Å². The molecule has 0 saturated carbocycles. The smallest absolute Gasteiger partial charge is 0.342 e. The van der Waals surface area contributed by atoms with E-state index in [4.69, 9.17) is 5.73 Å². The number of carbonyl (C=O) groups excluding carboxylic acids is 1. The molecule has 1 saturated heterocycles. The summed E-state index contributed by atoms with van der Waals surface area (Å²) in [6.45, 7) is 0.228. The van der Waals surface area contributed by atoms with E-state index < -0.39 is 12.7 Å². The van der Waals surface area contributed by atoms with Crippen molar-refractivity contribution in [2.24, 2.45) is 5.73 Å². The normalized spacial score (nSPS) is 17.3. The molecule has 1 fully saturated rings. The van der Waals surface area contributed by atoms with E-state index in [1.54, 1.807) is 4.90 Å². The lowest BCUT2D eigenvalue weighted by Gasteiger charge is -2.30. The van der Waals surface area contributed by atoms with Crippen LogP contribution in [0.25, 0.3) is 0 Å². The Kier molecular flexibility index (Phi) is 5.87. The second-order valence-corrected chi connectivity index (χ2v) is 4.56. The molecular formula is C11H20F3N3O. The topological polar surface area (TPSA) is 49.6 Å². The van der Waals surface area contributed by atoms with Crippen LogP contribution in [0.5, 0.6) is 0 Å². The summed E-state index contributed by atoms with van der Waals surface area (Å²) in [6.07, 6.45) is -1.35. The third kappa shape index (κ3) is 5.68. The van der Waals surface area contributed by atoms with Crippen molar-refractivity contribution < 1.29 is 18.0 Å². The number of nitrogens with zero attached hydrogens (tertiary/aromatic N) is 2. The molecule has 1 amide bonds. The summed E-state index contributed by atoms with van der Waals surface area (Å²) >= 11 is 0. The Labute approximate surface area is 105 Å². The third-order valence-corrected chi connectivity index (χ3v) is 2.92. The number of halogens is 3. The first-order valence-corrected chi connectivity index (χ1v) is 6.19. The number of alkyl halides is 3. The van der Waals surface area contributed by atoms with Crippen molar-refractivity contribution in [2.75, 3.05) is 39.3 Å². The fourth-order valence-corrected chi connectivity index (χ4v) is 2.08. The Morgan fingerprint density at radius 1 is 1.22 bits per heavy atom. The molecule has 1 rings (SSSR count). The molecule has 0 atom stereocenters. The molecule has 0 aromatic rings. The summed E-state index contributed by atoms with van der Waals surface area (Å²) in [7, 11) is 0. The van der Waals surface area contributed by atoms with Gasteiger partial charge >= 0.3 is 6.18 Å². The van der Waals surface area contributed by atoms with Crippen LogP contribution < -0.4 is 5.73 Å². The number of hydrogen-bond acceptors (Lipinski definition) is 3. The second-order valence-electron chi connectivity index (χ2n) is 4.56. The summed E-state index contributed by atoms with van der Waals surface area (Å²) in [5.74, 6) is -0.229. The van der Waals surface area contributed by atoms with Gasteiger partial charge in [0, 0.05) is 26.2 Å². The van der Waals surface area contributed by atoms with Crippen molar-refractivity contribution >= 4 is 5.91 Å². The summed E-state index contributed by atoms with van der Waals surface area (Å²) in [5, 5.41) is 0. The van der Waals surface area contributed by atoms with E-state index in [2.05, 4.69) is 0 Å². The zero-order chi connectivity index (χ0) is 13.6. The minimum atomic E-state index is -4.29. The fraction of sp³-hybridized carbons (Fsp3) is 0.909. The van der Waals surface area contributed by atoms with Gasteiger partial charge in [0.25, 0.3) is 0 Å². The number of likely N-dealkylation sites (tertiary alicyclic amines) is 1. The molecule has 0 unspecified atom stereocenters. The maximum Gasteiger partial charge on any atom is 0.401 e. The molecule has 0 aliphatic carbocycles. The highest BCUT2D eigenvalue weighted by molar-refractivity contribution is 5.78. The number of hydrogen-bond donors (Lipinski definition) is 1. The van der Waals surface area contributed by atoms with Gasteiger partial charge in [0.2, 0.25) is 5.91 Å². The molecule has 0 aromatic heterocycles. The second kappa shape index (κ2) is 6.94. The Bertz CT molecular complexity index is 265. The first kappa shape index (κ1) is 15.2. The molecule has 0 radical (unpaired) electrons. The Balaban J connectivity index is 2.46. The minimum absolute atomic E-state index is 0.0824. The molecule has 0 spiro atoms. The Morgan fingerprint density at radius 2 is 1.83 bits per heavy atom. The molecule has 7 heteroatoms. The van der Waals surface area contributed by atoms with Crippen molar-refractivity contribution in [2.45, 2.75) is 25.4 Å². The SMILES string of the molecule is NCCN(CC(=O)N1CCCCC1)CC(F)(F)F. The van der Waals surface area contributed by atoms with Crippen LogP contribution in [0.3, 0.4) is 0 Å². The first-order valence-electron chi connectivity index (χ1n) is 6.19. The number of carbonyl (C=O) groups is 1. The van der Waals surface area contributed by atoms with E-state index in [1.807, 2.05) is 0 Å². The van der Waals surface area contributed by atoms with Gasteiger partial charge in [-0.2, -0.15) is 13.2 Å². The summed E-state index contributed by atoms with van der Waals surface area (Å²) in [4.78, 5) is 14.6. The van der Waals surface area contributed by atoms with Gasteiger partial charge in [-0.15, -0.1) is 0 Å². The van der Waals surface area contributed by atoms with E-state index in [-0.39, 0.29) is 25.5 Å². The Morgan fingerprint density at radius 3 is 2.33 bits per heavy atom. The van der Waals surface area contributed by atoms with Crippen molar-refractivity contribution in [1.82, 2.24) is 9.80 Å². The zero-order valence-corrected chi connectivity index (χ0v) is 10.4. The standard InChI is InChI=1S/C11H20F3N3O/c12-11(13,14)9-16(7-4-15)8-10(18)17-5-2-1-3-6-17/h1-9,15H2. The highest BCUT2D eigenvalue weighted by atomic mass is 19.4. The van der Waals surface area contributed by atoms with Crippen LogP contribution >= 0.6 is 0 Å². The third-order valence-electron chi connectivity index (χ3n) is 2.92. The van der Waals surface area contributed by atoms with Crippen LogP contribution in [0.2, 0.25) is 0 Å². The van der Waals surface area contributed by atoms with Gasteiger partial charge in [-0.25, -0.2) is 0 Å². The maximum absolute atomic E-state index is 12.3. The van der Waals surface area contributed by atoms with Crippen LogP contribution in [-0.4, -0.2) is 61.2 Å². The maximum atomic E-state index is 12.3. The monoisotopic (exact) mass is 267 g/mol. The van der Waals surface area contributed by atoms with E-state index >= 15 is 0 Å². The summed E-state index contributed by atoms with van der Waals surface area (Å²) in [5.41, 5.74) is 5.27. The highest BCUT2D eigenvalue weighted by Crippen LogP contribution is 2.16. The molecule has 4 nitrogen and oxygen atoms in total. The lowest BCUT2D eigenvalue weighted by Crippen LogP contribution is -2.46. The van der Waals surface area contributed by atoms with Crippen LogP contribution in [0, 0.1) is 0 Å². The van der Waals surface area contributed by atoms with Crippen LogP contribution in [-0.2, 0) is 4.79 Å². The largest absolute Gasteiger partial charge is 0.401 e. The van der Waals surface area contributed by atoms with E-state index in [0.717, 1.165) is 24.2 Å². The Hall–Kier alpha value is -0.820. The van der Waals surface area contributed by atoms with Crippen molar-refractivity contribution in [1.29, 1.82) is 0 Å². The molecule has 1 aliphatic rings. The lowest BCUT2D eigenvalue weighted by molar-refractivity contribution is -0.151. The van der Waals surface area contributed by atoms with Crippen LogP contribution in [0.4, 0.5) is 13.2 Å². The zero-order valence-electron chi connectivity index (χ0n) is 10.4. The molecule has 0 aromatic carbocycles. The molecule has 106 valence electrons. The molecule has 18 heavy (non-hydrogen) atoms. The van der Waals surface area contributed by atoms with Crippen LogP contribution in [0.1, 0.15) is 19.3 Å². The van der Waals surface area contributed by atoms with Gasteiger partial charge < -0.3 is 10.6 Å². The van der Waals surface area contributed by atoms with Gasteiger partial charge in [-0.1, -0.05) is 0 Å². The van der Waals surface area contributed by atoms with Crippen molar-refractivity contribution in [3.05, 3.63) is 0 Å². The molecule has 0 bridgehead atoms. The number of piperidine rings is 1. The molecule has 1 heterocycles. The van der Waals surface area contributed by atoms with Gasteiger partial charge in [0.05, 0.1) is 13.1 Å². The van der Waals surface area contributed by atoms with E-state index in [9.17, 15) is 18.0 Å². The fourth-order valence-electron chi connectivity index (χ4n) is 2.08. The molecular weight excluding hydrogens is 247 g/mol. The van der Waals surface area contributed by atoms with Crippen molar-refractivity contribution in [3.8, 4) is 0 Å². The average Bonchev–Trinajstić information content (AvgIpc) is 2.28. The van der Waals surface area contributed by atoms with Gasteiger partial charge in [-0.05, 0) is 19.3 Å². The quantitative estimate of drug-likeness (QED) is 0.802. The van der Waals surface area contributed by atoms with Gasteiger partial charge in [-0.3, -0.25) is 9.69 Å². The predicted octanol–water partition coefficient (Wildman–Crippen LogP) is 0.822. The molecule has 2 N–H and O–H groups in total. The number of rotatable bonds is 5. The lowest BCUT2D eigenvalue weighted by atomic mass is 10.1. The average molecular weight is 267 g/mol. The minimum Gasteiger partial charge on any atom is -0.342 e. The van der Waals surface area contributed by atoms with E-state index in [1.165, 1.54) is 0 Å². The predicted molar refractivity (Wildman–Crippen MR) is 62.0 cm³/mol. The summed E-state index contributed by atoms with van der Waals surface area (Å²) in [6, 6.07) is 0. The number of amides is 1. The molecule has 1 aliphatic heterocycles. The summed E-state index contributed by atoms with van der Waals surface area (Å²) < 4.78 is 36.9. The first-order chi connectivity index (χ1) is 8.42. The number of nitrogens with two attached hydrogens (primary N) is 1. The highest BCUT2D eigenvalue weighted by Gasteiger charge is 2.31. The van der Waals surface area contributed by atoms with Crippen molar-refractivity contribution in [3.63, 3.8) is 0 Å². The van der Waals surface area contributed by atoms with Gasteiger partial charge in [0.1, 0.15) is 0 Å².